The number of rotatable bonds is 3. The van der Waals surface area contributed by atoms with Crippen molar-refractivity contribution in [2.24, 2.45) is 0 Å². The van der Waals surface area contributed by atoms with Gasteiger partial charge in [-0.2, -0.15) is 0 Å². The molecule has 0 aliphatic heterocycles. The third kappa shape index (κ3) is 2.22. The summed E-state index contributed by atoms with van der Waals surface area (Å²) in [6, 6.07) is 7.39. The van der Waals surface area contributed by atoms with Crippen LogP contribution >= 0.6 is 0 Å². The summed E-state index contributed by atoms with van der Waals surface area (Å²) in [5.74, 6) is -0.229. The van der Waals surface area contributed by atoms with Gasteiger partial charge in [-0.05, 0) is 42.8 Å². The van der Waals surface area contributed by atoms with Crippen molar-refractivity contribution in [3.8, 4) is 5.75 Å². The number of pyridine rings is 1. The molecule has 0 atom stereocenters. The van der Waals surface area contributed by atoms with Crippen LogP contribution in [0.2, 0.25) is 0 Å². The van der Waals surface area contributed by atoms with Crippen molar-refractivity contribution in [2.45, 2.75) is 6.92 Å². The Labute approximate surface area is 104 Å². The lowest BCUT2D eigenvalue weighted by atomic mass is 10.0. The molecule has 1 aromatic carbocycles. The van der Waals surface area contributed by atoms with Crippen molar-refractivity contribution in [2.75, 3.05) is 7.11 Å². The number of carbonyl (C=O) groups is 1. The number of ketones is 1. The van der Waals surface area contributed by atoms with Gasteiger partial charge in [-0.1, -0.05) is 0 Å². The molecule has 4 heteroatoms. The second kappa shape index (κ2) is 4.96. The summed E-state index contributed by atoms with van der Waals surface area (Å²) in [5, 5.41) is 0. The summed E-state index contributed by atoms with van der Waals surface area (Å²) >= 11 is 0. The van der Waals surface area contributed by atoms with Gasteiger partial charge in [0.15, 0.2) is 5.69 Å². The number of hydrogen-bond donors (Lipinski definition) is 0. The number of hydrogen-bond acceptors (Lipinski definition) is 3. The van der Waals surface area contributed by atoms with Crippen LogP contribution in [0.15, 0.2) is 36.5 Å². The van der Waals surface area contributed by atoms with Crippen LogP contribution in [0, 0.1) is 12.7 Å². The van der Waals surface area contributed by atoms with E-state index in [-0.39, 0.29) is 17.3 Å². The molecule has 0 radical (unpaired) electrons. The van der Waals surface area contributed by atoms with E-state index < -0.39 is 0 Å². The lowest BCUT2D eigenvalue weighted by Crippen LogP contribution is -2.08. The van der Waals surface area contributed by atoms with Gasteiger partial charge in [0, 0.05) is 11.8 Å². The Balaban J connectivity index is 2.48. The number of nitrogens with zero attached hydrogens (tertiary/aromatic N) is 1. The van der Waals surface area contributed by atoms with E-state index in [1.165, 1.54) is 31.5 Å². The highest BCUT2D eigenvalue weighted by atomic mass is 19.1. The highest BCUT2D eigenvalue weighted by Crippen LogP contribution is 2.20. The van der Waals surface area contributed by atoms with E-state index in [0.717, 1.165) is 0 Å². The maximum Gasteiger partial charge on any atom is 0.215 e. The molecule has 0 bridgehead atoms. The molecule has 2 rings (SSSR count). The summed E-state index contributed by atoms with van der Waals surface area (Å²) in [6.07, 6.45) is 1.52. The third-order valence-corrected chi connectivity index (χ3v) is 2.64. The lowest BCUT2D eigenvalue weighted by Gasteiger charge is -2.08. The maximum atomic E-state index is 13.0. The minimum atomic E-state index is -0.364. The van der Waals surface area contributed by atoms with Crippen LogP contribution in [0.4, 0.5) is 4.39 Å². The van der Waals surface area contributed by atoms with Crippen LogP contribution < -0.4 is 4.74 Å². The Hall–Kier alpha value is -2.23. The monoisotopic (exact) mass is 245 g/mol. The predicted octanol–water partition coefficient (Wildman–Crippen LogP) is 2.77. The lowest BCUT2D eigenvalue weighted by molar-refractivity contribution is 0.103. The number of methoxy groups -OCH3 is 1. The smallest absolute Gasteiger partial charge is 0.215 e. The molecule has 0 aliphatic rings. The zero-order valence-corrected chi connectivity index (χ0v) is 10.1. The number of aryl methyl sites for hydroxylation is 1. The molecule has 0 unspecified atom stereocenters. The Morgan fingerprint density at radius 1 is 1.33 bits per heavy atom. The van der Waals surface area contributed by atoms with E-state index in [4.69, 9.17) is 4.74 Å². The van der Waals surface area contributed by atoms with Gasteiger partial charge in [0.1, 0.15) is 11.6 Å². The molecule has 0 saturated carbocycles. The SMILES string of the molecule is COc1cccnc1C(=O)c1ccc(F)cc1C. The fraction of sp³-hybridized carbons (Fsp3) is 0.143. The number of carbonyl (C=O) groups excluding carboxylic acids is 1. The normalized spacial score (nSPS) is 10.2. The second-order valence-corrected chi connectivity index (χ2v) is 3.84. The summed E-state index contributed by atoms with van der Waals surface area (Å²) < 4.78 is 18.1. The molecular formula is C14H12FNO2. The number of halogens is 1. The van der Waals surface area contributed by atoms with E-state index in [2.05, 4.69) is 4.98 Å². The van der Waals surface area contributed by atoms with Crippen molar-refractivity contribution in [1.82, 2.24) is 4.98 Å². The molecule has 1 aromatic heterocycles. The van der Waals surface area contributed by atoms with Crippen LogP contribution in [0.3, 0.4) is 0 Å². The zero-order valence-electron chi connectivity index (χ0n) is 10.1. The molecule has 0 N–H and O–H groups in total. The van der Waals surface area contributed by atoms with Crippen molar-refractivity contribution < 1.29 is 13.9 Å². The zero-order chi connectivity index (χ0) is 13.1. The Bertz CT molecular complexity index is 596. The van der Waals surface area contributed by atoms with Gasteiger partial charge < -0.3 is 4.74 Å². The van der Waals surface area contributed by atoms with Crippen LogP contribution in [0.25, 0.3) is 0 Å². The summed E-state index contributed by atoms with van der Waals surface area (Å²) in [5.41, 5.74) is 1.23. The van der Waals surface area contributed by atoms with E-state index in [1.807, 2.05) is 0 Å². The number of ether oxygens (including phenoxy) is 1. The van der Waals surface area contributed by atoms with Gasteiger partial charge in [-0.3, -0.25) is 4.79 Å². The van der Waals surface area contributed by atoms with E-state index in [9.17, 15) is 9.18 Å². The van der Waals surface area contributed by atoms with Crippen LogP contribution in [-0.2, 0) is 0 Å². The molecule has 1 heterocycles. The third-order valence-electron chi connectivity index (χ3n) is 2.64. The minimum absolute atomic E-state index is 0.231. The first-order valence-corrected chi connectivity index (χ1v) is 5.43. The van der Waals surface area contributed by atoms with Gasteiger partial charge in [0.2, 0.25) is 5.78 Å². The van der Waals surface area contributed by atoms with Gasteiger partial charge in [0.25, 0.3) is 0 Å². The van der Waals surface area contributed by atoms with Crippen LogP contribution in [0.1, 0.15) is 21.6 Å². The summed E-state index contributed by atoms with van der Waals surface area (Å²) in [7, 11) is 1.48. The molecule has 0 saturated heterocycles. The molecule has 92 valence electrons. The standard InChI is InChI=1S/C14H12FNO2/c1-9-8-10(15)5-6-11(9)14(17)13-12(18-2)4-3-7-16-13/h3-8H,1-2H3. The average Bonchev–Trinajstić information content (AvgIpc) is 2.38. The molecule has 3 nitrogen and oxygen atoms in total. The number of benzene rings is 1. The first-order chi connectivity index (χ1) is 8.63. The molecule has 0 fully saturated rings. The van der Waals surface area contributed by atoms with Gasteiger partial charge in [-0.25, -0.2) is 9.37 Å². The van der Waals surface area contributed by atoms with Crippen LogP contribution in [0.5, 0.6) is 5.75 Å². The average molecular weight is 245 g/mol. The topological polar surface area (TPSA) is 39.2 Å². The van der Waals surface area contributed by atoms with E-state index in [1.54, 1.807) is 19.1 Å². The molecular weight excluding hydrogens is 233 g/mol. The molecule has 0 amide bonds. The molecule has 0 aliphatic carbocycles. The predicted molar refractivity (Wildman–Crippen MR) is 65.4 cm³/mol. The quantitative estimate of drug-likeness (QED) is 0.780. The summed E-state index contributed by atoms with van der Waals surface area (Å²) in [4.78, 5) is 16.3. The molecule has 18 heavy (non-hydrogen) atoms. The minimum Gasteiger partial charge on any atom is -0.494 e. The van der Waals surface area contributed by atoms with Gasteiger partial charge in [0.05, 0.1) is 7.11 Å². The highest BCUT2D eigenvalue weighted by molar-refractivity contribution is 6.10. The first-order valence-electron chi connectivity index (χ1n) is 5.43. The second-order valence-electron chi connectivity index (χ2n) is 3.84. The van der Waals surface area contributed by atoms with Crippen molar-refractivity contribution >= 4 is 5.78 Å². The van der Waals surface area contributed by atoms with E-state index >= 15 is 0 Å². The fourth-order valence-corrected chi connectivity index (χ4v) is 1.74. The number of aromatic nitrogens is 1. The first kappa shape index (κ1) is 12.2. The Kier molecular flexibility index (Phi) is 3.37. The van der Waals surface area contributed by atoms with Gasteiger partial charge in [-0.15, -0.1) is 0 Å². The van der Waals surface area contributed by atoms with Crippen molar-refractivity contribution in [1.29, 1.82) is 0 Å². The molecule has 2 aromatic rings. The molecule has 0 spiro atoms. The van der Waals surface area contributed by atoms with Gasteiger partial charge >= 0.3 is 0 Å². The maximum absolute atomic E-state index is 13.0. The fourth-order valence-electron chi connectivity index (χ4n) is 1.74. The Morgan fingerprint density at radius 3 is 2.78 bits per heavy atom. The Morgan fingerprint density at radius 2 is 2.11 bits per heavy atom. The van der Waals surface area contributed by atoms with Crippen molar-refractivity contribution in [3.05, 3.63) is 59.2 Å². The highest BCUT2D eigenvalue weighted by Gasteiger charge is 2.17. The van der Waals surface area contributed by atoms with E-state index in [0.29, 0.717) is 16.9 Å². The van der Waals surface area contributed by atoms with Crippen LogP contribution in [-0.4, -0.2) is 17.9 Å². The summed E-state index contributed by atoms with van der Waals surface area (Å²) in [6.45, 7) is 1.69. The van der Waals surface area contributed by atoms with Crippen molar-refractivity contribution in [3.63, 3.8) is 0 Å². The largest absolute Gasteiger partial charge is 0.494 e.